The number of carboxylic acids is 1. The molecule has 1 fully saturated rings. The van der Waals surface area contributed by atoms with Gasteiger partial charge in [0.15, 0.2) is 0 Å². The third-order valence-corrected chi connectivity index (χ3v) is 6.06. The highest BCUT2D eigenvalue weighted by atomic mass is 16.4. The van der Waals surface area contributed by atoms with Crippen molar-refractivity contribution in [2.45, 2.75) is 64.3 Å². The van der Waals surface area contributed by atoms with Gasteiger partial charge in [-0.05, 0) is 13.3 Å². The number of aliphatic carboxylic acids is 1. The predicted octanol–water partition coefficient (Wildman–Crippen LogP) is 3.23. The molecule has 2 aliphatic carbocycles. The molecule has 28 heavy (non-hydrogen) atoms. The fourth-order valence-corrected chi connectivity index (χ4v) is 4.61. The molecule has 0 spiro atoms. The maximum absolute atomic E-state index is 12.2. The van der Waals surface area contributed by atoms with Crippen molar-refractivity contribution in [3.63, 3.8) is 0 Å². The van der Waals surface area contributed by atoms with Crippen LogP contribution in [0.4, 0.5) is 0 Å². The van der Waals surface area contributed by atoms with Gasteiger partial charge in [0.25, 0.3) is 0 Å². The zero-order valence-electron chi connectivity index (χ0n) is 16.8. The first-order chi connectivity index (χ1) is 13.4. The Morgan fingerprint density at radius 2 is 2.00 bits per heavy atom. The molecule has 5 heteroatoms. The maximum Gasteiger partial charge on any atom is 0.318 e. The molecule has 1 saturated carbocycles. The van der Waals surface area contributed by atoms with Crippen molar-refractivity contribution in [3.05, 3.63) is 48.6 Å². The average molecular weight is 391 g/mol. The lowest BCUT2D eigenvalue weighted by Gasteiger charge is -2.39. The van der Waals surface area contributed by atoms with E-state index in [0.29, 0.717) is 6.42 Å². The highest BCUT2D eigenvalue weighted by Crippen LogP contribution is 2.49. The van der Waals surface area contributed by atoms with Gasteiger partial charge in [-0.1, -0.05) is 74.8 Å². The molecular formula is C23H34O5. The van der Waals surface area contributed by atoms with E-state index in [0.717, 1.165) is 19.3 Å². The number of hydrogen-bond acceptors (Lipinski definition) is 4. The highest BCUT2D eigenvalue weighted by Gasteiger charge is 2.53. The van der Waals surface area contributed by atoms with Crippen molar-refractivity contribution < 1.29 is 25.2 Å². The van der Waals surface area contributed by atoms with E-state index in [2.05, 4.69) is 6.92 Å². The molecule has 0 radical (unpaired) electrons. The van der Waals surface area contributed by atoms with Gasteiger partial charge in [-0.25, -0.2) is 0 Å². The second-order valence-corrected chi connectivity index (χ2v) is 7.98. The standard InChI is InChI=1S/C23H34O5/c1-3-5-6-9-16(24)11-12-17-19(25)15-20(26)21(17)18-10-7-8-14-23(18,13-4-2)22(27)28/h4,7-8,10-14,16-21,24-26H,3,5-6,9,15H2,1-2H3,(H,27,28). The number of unbranched alkanes of at least 4 members (excludes halogenated alkanes) is 2. The van der Waals surface area contributed by atoms with Crippen LogP contribution in [-0.2, 0) is 4.79 Å². The molecule has 5 nitrogen and oxygen atoms in total. The van der Waals surface area contributed by atoms with Crippen LogP contribution in [-0.4, -0.2) is 44.7 Å². The SMILES string of the molecule is CC=CC1(C(=O)O)C=CC=CC1C1C(O)CC(O)C1C=CC(O)CCCCC. The number of carbonyl (C=O) groups is 1. The van der Waals surface area contributed by atoms with E-state index >= 15 is 0 Å². The lowest BCUT2D eigenvalue weighted by Crippen LogP contribution is -2.43. The lowest BCUT2D eigenvalue weighted by atomic mass is 9.64. The van der Waals surface area contributed by atoms with Crippen LogP contribution in [0.25, 0.3) is 0 Å². The van der Waals surface area contributed by atoms with Gasteiger partial charge in [-0.3, -0.25) is 4.79 Å². The van der Waals surface area contributed by atoms with Crippen molar-refractivity contribution in [1.29, 1.82) is 0 Å². The van der Waals surface area contributed by atoms with Crippen LogP contribution in [0, 0.1) is 23.2 Å². The smallest absolute Gasteiger partial charge is 0.318 e. The largest absolute Gasteiger partial charge is 0.480 e. The summed E-state index contributed by atoms with van der Waals surface area (Å²) >= 11 is 0. The number of allylic oxidation sites excluding steroid dienone is 4. The molecule has 4 N–H and O–H groups in total. The summed E-state index contributed by atoms with van der Waals surface area (Å²) in [5.41, 5.74) is -1.26. The van der Waals surface area contributed by atoms with Crippen LogP contribution >= 0.6 is 0 Å². The van der Waals surface area contributed by atoms with E-state index < -0.39 is 47.4 Å². The molecule has 7 unspecified atom stereocenters. The van der Waals surface area contributed by atoms with E-state index in [1.807, 2.05) is 6.08 Å². The molecule has 0 aromatic heterocycles. The minimum atomic E-state index is -1.26. The van der Waals surface area contributed by atoms with Crippen molar-refractivity contribution in [3.8, 4) is 0 Å². The van der Waals surface area contributed by atoms with Crippen LogP contribution in [0.2, 0.25) is 0 Å². The molecule has 7 atom stereocenters. The summed E-state index contributed by atoms with van der Waals surface area (Å²) in [6.45, 7) is 3.88. The number of aliphatic hydroxyl groups is 3. The quantitative estimate of drug-likeness (QED) is 0.358. The minimum Gasteiger partial charge on any atom is -0.480 e. The minimum absolute atomic E-state index is 0.200. The Bertz CT molecular complexity index is 635. The Kier molecular flexibility index (Phi) is 8.23. The molecule has 0 saturated heterocycles. The molecule has 0 aromatic rings. The average Bonchev–Trinajstić information content (AvgIpc) is 2.93. The van der Waals surface area contributed by atoms with E-state index in [9.17, 15) is 25.2 Å². The van der Waals surface area contributed by atoms with Gasteiger partial charge in [0, 0.05) is 24.2 Å². The van der Waals surface area contributed by atoms with Crippen LogP contribution in [0.15, 0.2) is 48.6 Å². The van der Waals surface area contributed by atoms with Crippen molar-refractivity contribution in [2.24, 2.45) is 23.2 Å². The summed E-state index contributed by atoms with van der Waals surface area (Å²) < 4.78 is 0. The number of hydrogen-bond donors (Lipinski definition) is 4. The lowest BCUT2D eigenvalue weighted by molar-refractivity contribution is -0.147. The van der Waals surface area contributed by atoms with Gasteiger partial charge >= 0.3 is 5.97 Å². The Labute approximate surface area is 167 Å². The number of carboxylic acid groups (broad SMARTS) is 1. The molecule has 2 rings (SSSR count). The second kappa shape index (κ2) is 10.2. The molecule has 2 aliphatic rings. The Balaban J connectivity index is 2.28. The van der Waals surface area contributed by atoms with Gasteiger partial charge in [0.1, 0.15) is 5.41 Å². The number of aliphatic hydroxyl groups excluding tert-OH is 3. The van der Waals surface area contributed by atoms with E-state index in [4.69, 9.17) is 0 Å². The fourth-order valence-electron chi connectivity index (χ4n) is 4.61. The molecule has 156 valence electrons. The van der Waals surface area contributed by atoms with Gasteiger partial charge in [-0.2, -0.15) is 0 Å². The van der Waals surface area contributed by atoms with Crippen LogP contribution in [0.5, 0.6) is 0 Å². The summed E-state index contributed by atoms with van der Waals surface area (Å²) in [5, 5.41) is 41.4. The predicted molar refractivity (Wildman–Crippen MR) is 110 cm³/mol. The number of rotatable bonds is 9. The zero-order valence-corrected chi connectivity index (χ0v) is 16.8. The van der Waals surface area contributed by atoms with Crippen molar-refractivity contribution in [2.75, 3.05) is 0 Å². The van der Waals surface area contributed by atoms with Gasteiger partial charge in [0.05, 0.1) is 18.3 Å². The molecule has 0 bridgehead atoms. The zero-order chi connectivity index (χ0) is 20.7. The second-order valence-electron chi connectivity index (χ2n) is 7.98. The van der Waals surface area contributed by atoms with Crippen LogP contribution in [0.1, 0.15) is 46.0 Å². The third kappa shape index (κ3) is 4.83. The Morgan fingerprint density at radius 1 is 1.25 bits per heavy atom. The first-order valence-corrected chi connectivity index (χ1v) is 10.3. The van der Waals surface area contributed by atoms with Crippen molar-refractivity contribution in [1.82, 2.24) is 0 Å². The summed E-state index contributed by atoms with van der Waals surface area (Å²) in [5.74, 6) is -2.35. The molecule has 0 amide bonds. The summed E-state index contributed by atoms with van der Waals surface area (Å²) in [4.78, 5) is 12.2. The summed E-state index contributed by atoms with van der Waals surface area (Å²) in [7, 11) is 0. The van der Waals surface area contributed by atoms with Crippen LogP contribution < -0.4 is 0 Å². The fraction of sp³-hybridized carbons (Fsp3) is 0.609. The highest BCUT2D eigenvalue weighted by molar-refractivity contribution is 5.81. The van der Waals surface area contributed by atoms with Gasteiger partial charge in [-0.15, -0.1) is 0 Å². The molecule has 0 heterocycles. The van der Waals surface area contributed by atoms with E-state index in [-0.39, 0.29) is 6.42 Å². The molecule has 0 aliphatic heterocycles. The first-order valence-electron chi connectivity index (χ1n) is 10.3. The topological polar surface area (TPSA) is 98.0 Å². The van der Waals surface area contributed by atoms with Gasteiger partial charge in [0.2, 0.25) is 0 Å². The first kappa shape index (κ1) is 22.6. The summed E-state index contributed by atoms with van der Waals surface area (Å²) in [6, 6.07) is 0. The summed E-state index contributed by atoms with van der Waals surface area (Å²) in [6.07, 6.45) is 15.6. The normalized spacial score (nSPS) is 36.5. The molecule has 0 aromatic carbocycles. The maximum atomic E-state index is 12.2. The van der Waals surface area contributed by atoms with Gasteiger partial charge < -0.3 is 20.4 Å². The van der Waals surface area contributed by atoms with Crippen molar-refractivity contribution >= 4 is 5.97 Å². The monoisotopic (exact) mass is 390 g/mol. The van der Waals surface area contributed by atoms with Crippen LogP contribution in [0.3, 0.4) is 0 Å². The Hall–Kier alpha value is -1.69. The Morgan fingerprint density at radius 3 is 2.64 bits per heavy atom. The third-order valence-electron chi connectivity index (χ3n) is 6.06. The molecular weight excluding hydrogens is 356 g/mol. The van der Waals surface area contributed by atoms with E-state index in [1.165, 1.54) is 0 Å². The van der Waals surface area contributed by atoms with E-state index in [1.54, 1.807) is 49.5 Å².